The van der Waals surface area contributed by atoms with E-state index in [0.29, 0.717) is 3.57 Å². The molecule has 0 aromatic heterocycles. The smallest absolute Gasteiger partial charge is 0.136 e. The van der Waals surface area contributed by atoms with Gasteiger partial charge in [-0.05, 0) is 46.7 Å². The Balaban J connectivity index is 2.96. The first-order valence-electron chi connectivity index (χ1n) is 3.85. The normalized spacial score (nSPS) is 13.0. The molecule has 66 valence electrons. The molecule has 1 atom stereocenters. The Labute approximate surface area is 85.3 Å². The van der Waals surface area contributed by atoms with Crippen LogP contribution in [0.1, 0.15) is 24.9 Å². The van der Waals surface area contributed by atoms with Gasteiger partial charge in [-0.2, -0.15) is 0 Å². The summed E-state index contributed by atoms with van der Waals surface area (Å²) in [6.45, 7) is 2.01. The Bertz CT molecular complexity index is 275. The van der Waals surface area contributed by atoms with E-state index in [1.54, 1.807) is 12.1 Å². The summed E-state index contributed by atoms with van der Waals surface area (Å²) >= 11 is 1.97. The summed E-state index contributed by atoms with van der Waals surface area (Å²) in [5.74, 6) is -0.178. The monoisotopic (exact) mass is 279 g/mol. The average molecular weight is 279 g/mol. The fourth-order valence-electron chi connectivity index (χ4n) is 0.979. The van der Waals surface area contributed by atoms with Crippen molar-refractivity contribution < 1.29 is 4.39 Å². The van der Waals surface area contributed by atoms with Gasteiger partial charge in [0.2, 0.25) is 0 Å². The Morgan fingerprint density at radius 1 is 1.58 bits per heavy atom. The standard InChI is InChI=1S/C9H11FIN/c1-2-9(12)6-3-4-7(10)8(11)5-6/h3-5,9H,2,12H2,1H3/t9-/m1/s1. The van der Waals surface area contributed by atoms with Crippen LogP contribution in [0.4, 0.5) is 4.39 Å². The quantitative estimate of drug-likeness (QED) is 0.828. The van der Waals surface area contributed by atoms with Gasteiger partial charge in [0.1, 0.15) is 5.82 Å². The molecule has 0 unspecified atom stereocenters. The predicted molar refractivity (Wildman–Crippen MR) is 56.3 cm³/mol. The van der Waals surface area contributed by atoms with Crippen LogP contribution in [0.3, 0.4) is 0 Å². The van der Waals surface area contributed by atoms with E-state index in [1.165, 1.54) is 6.07 Å². The van der Waals surface area contributed by atoms with Gasteiger partial charge in [0.05, 0.1) is 0 Å². The van der Waals surface area contributed by atoms with E-state index in [4.69, 9.17) is 5.73 Å². The Morgan fingerprint density at radius 2 is 2.25 bits per heavy atom. The summed E-state index contributed by atoms with van der Waals surface area (Å²) in [5, 5.41) is 0. The highest BCUT2D eigenvalue weighted by Gasteiger charge is 2.05. The minimum Gasteiger partial charge on any atom is -0.324 e. The number of benzene rings is 1. The van der Waals surface area contributed by atoms with Crippen molar-refractivity contribution in [2.75, 3.05) is 0 Å². The van der Waals surface area contributed by atoms with Gasteiger partial charge < -0.3 is 5.73 Å². The maximum Gasteiger partial charge on any atom is 0.136 e. The molecule has 0 aliphatic heterocycles. The van der Waals surface area contributed by atoms with Gasteiger partial charge in [0.15, 0.2) is 0 Å². The lowest BCUT2D eigenvalue weighted by molar-refractivity contribution is 0.616. The van der Waals surface area contributed by atoms with E-state index >= 15 is 0 Å². The van der Waals surface area contributed by atoms with Crippen molar-refractivity contribution in [2.24, 2.45) is 5.73 Å². The maximum atomic E-state index is 12.8. The zero-order valence-corrected chi connectivity index (χ0v) is 9.01. The zero-order valence-electron chi connectivity index (χ0n) is 6.85. The molecule has 0 heterocycles. The first-order valence-corrected chi connectivity index (χ1v) is 4.93. The van der Waals surface area contributed by atoms with Crippen molar-refractivity contribution in [1.82, 2.24) is 0 Å². The molecule has 1 aromatic carbocycles. The number of hydrogen-bond donors (Lipinski definition) is 1. The third-order valence-corrected chi connectivity index (χ3v) is 2.64. The van der Waals surface area contributed by atoms with E-state index < -0.39 is 0 Å². The molecule has 0 fully saturated rings. The summed E-state index contributed by atoms with van der Waals surface area (Å²) in [5.41, 5.74) is 6.79. The van der Waals surface area contributed by atoms with Crippen LogP contribution in [0.5, 0.6) is 0 Å². The first-order chi connectivity index (χ1) is 5.65. The highest BCUT2D eigenvalue weighted by Crippen LogP contribution is 2.18. The van der Waals surface area contributed by atoms with Crippen LogP contribution < -0.4 is 5.73 Å². The van der Waals surface area contributed by atoms with Gasteiger partial charge in [-0.3, -0.25) is 0 Å². The molecule has 0 aliphatic rings. The topological polar surface area (TPSA) is 26.0 Å². The lowest BCUT2D eigenvalue weighted by atomic mass is 10.1. The molecule has 0 bridgehead atoms. The Hall–Kier alpha value is -0.160. The molecule has 3 heteroatoms. The van der Waals surface area contributed by atoms with Crippen LogP contribution in [-0.2, 0) is 0 Å². The van der Waals surface area contributed by atoms with Crippen LogP contribution in [-0.4, -0.2) is 0 Å². The van der Waals surface area contributed by atoms with Crippen LogP contribution >= 0.6 is 22.6 Å². The molecule has 0 amide bonds. The molecule has 2 N–H and O–H groups in total. The highest BCUT2D eigenvalue weighted by molar-refractivity contribution is 14.1. The highest BCUT2D eigenvalue weighted by atomic mass is 127. The van der Waals surface area contributed by atoms with Crippen molar-refractivity contribution in [2.45, 2.75) is 19.4 Å². The summed E-state index contributed by atoms with van der Waals surface area (Å²) in [6.07, 6.45) is 0.877. The van der Waals surface area contributed by atoms with E-state index in [1.807, 2.05) is 29.5 Å². The van der Waals surface area contributed by atoms with Crippen LogP contribution in [0.25, 0.3) is 0 Å². The zero-order chi connectivity index (χ0) is 9.14. The van der Waals surface area contributed by atoms with Crippen molar-refractivity contribution >= 4 is 22.6 Å². The molecule has 0 spiro atoms. The van der Waals surface area contributed by atoms with Crippen LogP contribution in [0.15, 0.2) is 18.2 Å². The van der Waals surface area contributed by atoms with Crippen molar-refractivity contribution in [3.63, 3.8) is 0 Å². The second-order valence-corrected chi connectivity index (χ2v) is 3.85. The third-order valence-electron chi connectivity index (χ3n) is 1.81. The number of rotatable bonds is 2. The number of halogens is 2. The molecular formula is C9H11FIN. The van der Waals surface area contributed by atoms with Crippen molar-refractivity contribution in [3.8, 4) is 0 Å². The Kier molecular flexibility index (Phi) is 3.46. The molecule has 1 aromatic rings. The third kappa shape index (κ3) is 2.17. The summed E-state index contributed by atoms with van der Waals surface area (Å²) in [4.78, 5) is 0. The fourth-order valence-corrected chi connectivity index (χ4v) is 1.52. The van der Waals surface area contributed by atoms with E-state index in [0.717, 1.165) is 12.0 Å². The molecule has 0 saturated heterocycles. The van der Waals surface area contributed by atoms with Gasteiger partial charge in [-0.1, -0.05) is 13.0 Å². The van der Waals surface area contributed by atoms with Gasteiger partial charge in [-0.25, -0.2) is 4.39 Å². The second-order valence-electron chi connectivity index (χ2n) is 2.69. The lowest BCUT2D eigenvalue weighted by Gasteiger charge is -2.09. The molecule has 0 radical (unpaired) electrons. The Morgan fingerprint density at radius 3 is 2.75 bits per heavy atom. The van der Waals surface area contributed by atoms with E-state index in [9.17, 15) is 4.39 Å². The number of nitrogens with two attached hydrogens (primary N) is 1. The van der Waals surface area contributed by atoms with Crippen molar-refractivity contribution in [3.05, 3.63) is 33.1 Å². The minimum absolute atomic E-state index is 0.0270. The fraction of sp³-hybridized carbons (Fsp3) is 0.333. The van der Waals surface area contributed by atoms with E-state index in [-0.39, 0.29) is 11.9 Å². The van der Waals surface area contributed by atoms with E-state index in [2.05, 4.69) is 0 Å². The molecule has 1 rings (SSSR count). The summed E-state index contributed by atoms with van der Waals surface area (Å²) < 4.78 is 13.5. The maximum absolute atomic E-state index is 12.8. The summed E-state index contributed by atoms with van der Waals surface area (Å²) in [7, 11) is 0. The summed E-state index contributed by atoms with van der Waals surface area (Å²) in [6, 6.07) is 5.03. The molecule has 0 aliphatic carbocycles. The molecule has 12 heavy (non-hydrogen) atoms. The van der Waals surface area contributed by atoms with Gasteiger partial charge >= 0.3 is 0 Å². The number of hydrogen-bond acceptors (Lipinski definition) is 1. The van der Waals surface area contributed by atoms with Crippen LogP contribution in [0.2, 0.25) is 0 Å². The molecule has 0 saturated carbocycles. The van der Waals surface area contributed by atoms with Gasteiger partial charge in [0.25, 0.3) is 0 Å². The van der Waals surface area contributed by atoms with Gasteiger partial charge in [-0.15, -0.1) is 0 Å². The first kappa shape index (κ1) is 9.92. The SMILES string of the molecule is CC[C@@H](N)c1ccc(F)c(I)c1. The average Bonchev–Trinajstić information content (AvgIpc) is 2.08. The van der Waals surface area contributed by atoms with Crippen molar-refractivity contribution in [1.29, 1.82) is 0 Å². The van der Waals surface area contributed by atoms with Gasteiger partial charge in [0, 0.05) is 9.61 Å². The minimum atomic E-state index is -0.178. The molecular weight excluding hydrogens is 268 g/mol. The van der Waals surface area contributed by atoms with Crippen LogP contribution in [0, 0.1) is 9.39 Å². The molecule has 1 nitrogen and oxygen atoms in total. The second kappa shape index (κ2) is 4.18. The predicted octanol–water partition coefficient (Wildman–Crippen LogP) is 2.84. The lowest BCUT2D eigenvalue weighted by Crippen LogP contribution is -2.08. The largest absolute Gasteiger partial charge is 0.324 e.